The molecule has 7 heteroatoms. The Labute approximate surface area is 143 Å². The highest BCUT2D eigenvalue weighted by atomic mass is 35.5. The third-order valence-corrected chi connectivity index (χ3v) is 3.60. The molecule has 6 nitrogen and oxygen atoms in total. The highest BCUT2D eigenvalue weighted by Gasteiger charge is 2.10. The molecule has 0 aliphatic rings. The number of nitrogens with one attached hydrogen (secondary N) is 2. The smallest absolute Gasteiger partial charge is 0.258 e. The van der Waals surface area contributed by atoms with Crippen molar-refractivity contribution in [1.82, 2.24) is 9.97 Å². The Kier molecular flexibility index (Phi) is 4.77. The van der Waals surface area contributed by atoms with E-state index < -0.39 is 0 Å². The molecule has 0 spiro atoms. The van der Waals surface area contributed by atoms with Gasteiger partial charge >= 0.3 is 0 Å². The summed E-state index contributed by atoms with van der Waals surface area (Å²) in [5.74, 6) is 0.900. The monoisotopic (exact) mass is 342 g/mol. The molecule has 2 aromatic heterocycles. The van der Waals surface area contributed by atoms with Crippen LogP contribution in [0.3, 0.4) is 0 Å². The van der Waals surface area contributed by atoms with Crippen molar-refractivity contribution < 1.29 is 9.21 Å². The predicted molar refractivity (Wildman–Crippen MR) is 92.2 cm³/mol. The second kappa shape index (κ2) is 7.14. The van der Waals surface area contributed by atoms with E-state index in [1.807, 2.05) is 25.1 Å². The quantitative estimate of drug-likeness (QED) is 0.735. The van der Waals surface area contributed by atoms with Crippen LogP contribution in [-0.4, -0.2) is 15.9 Å². The van der Waals surface area contributed by atoms with Crippen molar-refractivity contribution in [1.29, 1.82) is 0 Å². The van der Waals surface area contributed by atoms with Gasteiger partial charge in [-0.2, -0.15) is 0 Å². The third-order valence-electron chi connectivity index (χ3n) is 3.36. The molecule has 0 unspecified atom stereocenters. The van der Waals surface area contributed by atoms with Gasteiger partial charge in [-0.15, -0.1) is 0 Å². The number of benzene rings is 1. The zero-order chi connectivity index (χ0) is 16.9. The number of carbonyl (C=O) groups excluding carboxylic acids is 1. The Morgan fingerprint density at radius 1 is 1.25 bits per heavy atom. The van der Waals surface area contributed by atoms with Crippen LogP contribution in [0.5, 0.6) is 0 Å². The molecule has 0 aliphatic carbocycles. The molecule has 0 saturated heterocycles. The summed E-state index contributed by atoms with van der Waals surface area (Å²) >= 11 is 5.95. The number of nitrogens with zero attached hydrogens (tertiary/aromatic N) is 2. The summed E-state index contributed by atoms with van der Waals surface area (Å²) < 4.78 is 5.21. The molecule has 0 atom stereocenters. The first-order valence-electron chi connectivity index (χ1n) is 7.27. The number of hydrogen-bond donors (Lipinski definition) is 2. The van der Waals surface area contributed by atoms with E-state index in [1.54, 1.807) is 18.4 Å². The van der Waals surface area contributed by atoms with Crippen molar-refractivity contribution in [3.63, 3.8) is 0 Å². The molecule has 1 aromatic carbocycles. The van der Waals surface area contributed by atoms with Crippen molar-refractivity contribution in [2.75, 3.05) is 10.6 Å². The largest absolute Gasteiger partial charge is 0.467 e. The molecule has 122 valence electrons. The minimum Gasteiger partial charge on any atom is -0.467 e. The number of aromatic nitrogens is 2. The molecule has 3 aromatic rings. The van der Waals surface area contributed by atoms with E-state index >= 15 is 0 Å². The molecule has 0 aliphatic heterocycles. The van der Waals surface area contributed by atoms with Crippen molar-refractivity contribution in [2.45, 2.75) is 13.5 Å². The number of amides is 1. The SMILES string of the molecule is Cc1ccc(Cl)cc1NC(=O)c1cnc(NCc2ccco2)nc1. The Balaban J connectivity index is 1.64. The highest BCUT2D eigenvalue weighted by Crippen LogP contribution is 2.20. The maximum atomic E-state index is 12.3. The lowest BCUT2D eigenvalue weighted by Crippen LogP contribution is -2.14. The van der Waals surface area contributed by atoms with Gasteiger partial charge in [0.1, 0.15) is 5.76 Å². The summed E-state index contributed by atoms with van der Waals surface area (Å²) in [7, 11) is 0. The van der Waals surface area contributed by atoms with Gasteiger partial charge in [0, 0.05) is 23.1 Å². The first kappa shape index (κ1) is 16.0. The van der Waals surface area contributed by atoms with Crippen LogP contribution >= 0.6 is 11.6 Å². The molecule has 2 N–H and O–H groups in total. The van der Waals surface area contributed by atoms with E-state index in [2.05, 4.69) is 20.6 Å². The van der Waals surface area contributed by atoms with Crippen LogP contribution in [0.15, 0.2) is 53.4 Å². The standard InChI is InChI=1S/C17H15ClN4O2/c1-11-4-5-13(18)7-15(11)22-16(23)12-8-19-17(20-9-12)21-10-14-3-2-6-24-14/h2-9H,10H2,1H3,(H,22,23)(H,19,20,21). The molecule has 0 radical (unpaired) electrons. The van der Waals surface area contributed by atoms with Gasteiger partial charge in [-0.25, -0.2) is 9.97 Å². The van der Waals surface area contributed by atoms with Crippen LogP contribution in [0.25, 0.3) is 0 Å². The van der Waals surface area contributed by atoms with Gasteiger partial charge in [-0.05, 0) is 36.8 Å². The average Bonchev–Trinajstić information content (AvgIpc) is 3.10. The van der Waals surface area contributed by atoms with Gasteiger partial charge in [-0.1, -0.05) is 17.7 Å². The number of hydrogen-bond acceptors (Lipinski definition) is 5. The predicted octanol–water partition coefficient (Wildman–Crippen LogP) is 3.90. The number of rotatable bonds is 5. The van der Waals surface area contributed by atoms with Crippen molar-refractivity contribution in [3.05, 3.63) is 70.9 Å². The topological polar surface area (TPSA) is 80.0 Å². The molecule has 0 bridgehead atoms. The van der Waals surface area contributed by atoms with Gasteiger partial charge in [0.05, 0.1) is 18.4 Å². The van der Waals surface area contributed by atoms with E-state index in [1.165, 1.54) is 12.4 Å². The Morgan fingerprint density at radius 2 is 2.04 bits per heavy atom. The second-order valence-corrected chi connectivity index (χ2v) is 5.58. The second-order valence-electron chi connectivity index (χ2n) is 5.14. The molecule has 0 fully saturated rings. The lowest BCUT2D eigenvalue weighted by atomic mass is 10.2. The fraction of sp³-hybridized carbons (Fsp3) is 0.118. The summed E-state index contributed by atoms with van der Waals surface area (Å²) in [6, 6.07) is 8.98. The van der Waals surface area contributed by atoms with Crippen LogP contribution in [0.2, 0.25) is 5.02 Å². The van der Waals surface area contributed by atoms with Gasteiger partial charge < -0.3 is 15.1 Å². The molecule has 2 heterocycles. The maximum absolute atomic E-state index is 12.3. The van der Waals surface area contributed by atoms with E-state index in [4.69, 9.17) is 16.0 Å². The van der Waals surface area contributed by atoms with E-state index in [9.17, 15) is 4.79 Å². The average molecular weight is 343 g/mol. The number of halogens is 1. The van der Waals surface area contributed by atoms with Crippen LogP contribution in [0, 0.1) is 6.92 Å². The number of carbonyl (C=O) groups is 1. The van der Waals surface area contributed by atoms with Crippen molar-refractivity contribution >= 4 is 29.1 Å². The van der Waals surface area contributed by atoms with Gasteiger partial charge in [-0.3, -0.25) is 4.79 Å². The lowest BCUT2D eigenvalue weighted by molar-refractivity contribution is 0.102. The Bertz CT molecular complexity index is 832. The molecule has 0 saturated carbocycles. The lowest BCUT2D eigenvalue weighted by Gasteiger charge is -2.09. The van der Waals surface area contributed by atoms with E-state index in [0.717, 1.165) is 11.3 Å². The van der Waals surface area contributed by atoms with Crippen LogP contribution in [0.1, 0.15) is 21.7 Å². The van der Waals surface area contributed by atoms with Gasteiger partial charge in [0.2, 0.25) is 5.95 Å². The third kappa shape index (κ3) is 3.91. The first-order valence-corrected chi connectivity index (χ1v) is 7.65. The van der Waals surface area contributed by atoms with Gasteiger partial charge in [0.15, 0.2) is 0 Å². The van der Waals surface area contributed by atoms with E-state index in [-0.39, 0.29) is 5.91 Å². The van der Waals surface area contributed by atoms with Crippen LogP contribution in [0.4, 0.5) is 11.6 Å². The molecular formula is C17H15ClN4O2. The zero-order valence-corrected chi connectivity index (χ0v) is 13.7. The zero-order valence-electron chi connectivity index (χ0n) is 12.9. The Morgan fingerprint density at radius 3 is 2.75 bits per heavy atom. The number of anilines is 2. The highest BCUT2D eigenvalue weighted by molar-refractivity contribution is 6.31. The minimum atomic E-state index is -0.294. The normalized spacial score (nSPS) is 10.4. The Hall–Kier alpha value is -2.86. The summed E-state index contributed by atoms with van der Waals surface area (Å²) in [5, 5.41) is 6.38. The molecule has 3 rings (SSSR count). The first-order chi connectivity index (χ1) is 11.6. The summed E-state index contributed by atoms with van der Waals surface area (Å²) in [6.45, 7) is 2.37. The summed E-state index contributed by atoms with van der Waals surface area (Å²) in [6.07, 6.45) is 4.53. The van der Waals surface area contributed by atoms with Crippen LogP contribution in [-0.2, 0) is 6.54 Å². The molecule has 24 heavy (non-hydrogen) atoms. The minimum absolute atomic E-state index is 0.294. The summed E-state index contributed by atoms with van der Waals surface area (Å²) in [4.78, 5) is 20.5. The van der Waals surface area contributed by atoms with Gasteiger partial charge in [0.25, 0.3) is 5.91 Å². The molecular weight excluding hydrogens is 328 g/mol. The van der Waals surface area contributed by atoms with E-state index in [0.29, 0.717) is 28.8 Å². The number of furan rings is 1. The fourth-order valence-corrected chi connectivity index (χ4v) is 2.21. The van der Waals surface area contributed by atoms with Crippen molar-refractivity contribution in [2.24, 2.45) is 0 Å². The summed E-state index contributed by atoms with van der Waals surface area (Å²) in [5.41, 5.74) is 1.94. The fourth-order valence-electron chi connectivity index (χ4n) is 2.04. The van der Waals surface area contributed by atoms with Crippen molar-refractivity contribution in [3.8, 4) is 0 Å². The van der Waals surface area contributed by atoms with Crippen LogP contribution < -0.4 is 10.6 Å². The maximum Gasteiger partial charge on any atom is 0.258 e. The number of aryl methyl sites for hydroxylation is 1. The molecule has 1 amide bonds.